The van der Waals surface area contributed by atoms with Gasteiger partial charge in [-0.1, -0.05) is 0 Å². The van der Waals surface area contributed by atoms with E-state index < -0.39 is 12.1 Å². The van der Waals surface area contributed by atoms with Crippen molar-refractivity contribution >= 4 is 5.82 Å². The van der Waals surface area contributed by atoms with Crippen molar-refractivity contribution in [3.05, 3.63) is 18.3 Å². The first-order valence-corrected chi connectivity index (χ1v) is 3.96. The molecule has 1 N–H and O–H groups in total. The van der Waals surface area contributed by atoms with Crippen molar-refractivity contribution in [1.29, 1.82) is 0 Å². The second-order valence-electron chi connectivity index (χ2n) is 2.93. The molecule has 4 nitrogen and oxygen atoms in total. The van der Waals surface area contributed by atoms with E-state index in [1.165, 1.54) is 6.07 Å². The van der Waals surface area contributed by atoms with Crippen LogP contribution < -0.4 is 4.90 Å². The molecule has 0 saturated carbocycles. The van der Waals surface area contributed by atoms with Crippen LogP contribution in [0.3, 0.4) is 0 Å². The van der Waals surface area contributed by atoms with Crippen LogP contribution in [0.5, 0.6) is 0 Å². The van der Waals surface area contributed by atoms with Gasteiger partial charge in [0, 0.05) is 19.7 Å². The summed E-state index contributed by atoms with van der Waals surface area (Å²) in [5, 5.41) is 9.07. The molecule has 1 heterocycles. The fraction of sp³-hybridized carbons (Fsp3) is 0.500. The summed E-state index contributed by atoms with van der Waals surface area (Å²) >= 11 is 0. The van der Waals surface area contributed by atoms with E-state index >= 15 is 0 Å². The lowest BCUT2D eigenvalue weighted by atomic mass is 10.4. The van der Waals surface area contributed by atoms with Crippen LogP contribution in [0.2, 0.25) is 0 Å². The van der Waals surface area contributed by atoms with E-state index in [1.807, 2.05) is 0 Å². The first-order valence-electron chi connectivity index (χ1n) is 3.96. The number of likely N-dealkylation sites (N-methyl/N-ethyl adjacent to an activating group) is 1. The maximum atomic E-state index is 12.6. The van der Waals surface area contributed by atoms with Gasteiger partial charge in [-0.3, -0.25) is 0 Å². The molecule has 13 heavy (non-hydrogen) atoms. The number of rotatable bonds is 3. The first-order chi connectivity index (χ1) is 6.09. The molecule has 1 unspecified atom stereocenters. The third-order valence-electron chi connectivity index (χ3n) is 1.55. The van der Waals surface area contributed by atoms with Gasteiger partial charge in [0.25, 0.3) is 0 Å². The van der Waals surface area contributed by atoms with Crippen LogP contribution >= 0.6 is 0 Å². The second kappa shape index (κ2) is 4.13. The largest absolute Gasteiger partial charge is 0.392 e. The minimum Gasteiger partial charge on any atom is -0.392 e. The summed E-state index contributed by atoms with van der Waals surface area (Å²) in [5.74, 6) is -0.101. The predicted molar refractivity (Wildman–Crippen MR) is 46.9 cm³/mol. The van der Waals surface area contributed by atoms with Gasteiger partial charge < -0.3 is 10.0 Å². The molecular formula is C8H12FN3O. The molecule has 1 atom stereocenters. The number of aliphatic hydroxyl groups is 1. The van der Waals surface area contributed by atoms with E-state index in [9.17, 15) is 4.39 Å². The van der Waals surface area contributed by atoms with Crippen molar-refractivity contribution in [3.8, 4) is 0 Å². The van der Waals surface area contributed by atoms with Crippen LogP contribution in [0, 0.1) is 5.95 Å². The van der Waals surface area contributed by atoms with Crippen LogP contribution in [0.4, 0.5) is 10.2 Å². The van der Waals surface area contributed by atoms with Gasteiger partial charge in [-0.2, -0.15) is 4.39 Å². The van der Waals surface area contributed by atoms with Crippen LogP contribution in [0.25, 0.3) is 0 Å². The van der Waals surface area contributed by atoms with Gasteiger partial charge in [0.05, 0.1) is 6.10 Å². The van der Waals surface area contributed by atoms with E-state index in [4.69, 9.17) is 5.11 Å². The molecule has 1 rings (SSSR count). The van der Waals surface area contributed by atoms with Gasteiger partial charge in [0.2, 0.25) is 5.95 Å². The van der Waals surface area contributed by atoms with Crippen molar-refractivity contribution in [1.82, 2.24) is 9.97 Å². The maximum absolute atomic E-state index is 12.6. The summed E-state index contributed by atoms with van der Waals surface area (Å²) < 4.78 is 12.6. The molecular weight excluding hydrogens is 173 g/mol. The molecule has 1 aromatic heterocycles. The van der Waals surface area contributed by atoms with Gasteiger partial charge in [-0.05, 0) is 6.92 Å². The van der Waals surface area contributed by atoms with Crippen LogP contribution in [0.15, 0.2) is 12.4 Å². The maximum Gasteiger partial charge on any atom is 0.218 e. The Morgan fingerprint density at radius 3 is 2.85 bits per heavy atom. The summed E-state index contributed by atoms with van der Waals surface area (Å²) in [7, 11) is 1.73. The van der Waals surface area contributed by atoms with Gasteiger partial charge in [-0.15, -0.1) is 0 Å². The number of hydrogen-bond acceptors (Lipinski definition) is 4. The fourth-order valence-electron chi connectivity index (χ4n) is 1.02. The smallest absolute Gasteiger partial charge is 0.218 e. The molecule has 72 valence electrons. The third-order valence-corrected chi connectivity index (χ3v) is 1.55. The van der Waals surface area contributed by atoms with Gasteiger partial charge in [0.1, 0.15) is 12.1 Å². The minimum atomic E-state index is -0.567. The monoisotopic (exact) mass is 185 g/mol. The molecule has 0 aliphatic heterocycles. The molecule has 0 radical (unpaired) electrons. The Kier molecular flexibility index (Phi) is 3.13. The van der Waals surface area contributed by atoms with Crippen molar-refractivity contribution in [3.63, 3.8) is 0 Å². The molecule has 1 aromatic rings. The molecule has 0 amide bonds. The third kappa shape index (κ3) is 2.95. The predicted octanol–water partition coefficient (Wildman–Crippen LogP) is 0.433. The molecule has 0 saturated heterocycles. The van der Waals surface area contributed by atoms with Crippen molar-refractivity contribution in [2.24, 2.45) is 0 Å². The average molecular weight is 185 g/mol. The number of anilines is 1. The number of nitrogens with zero attached hydrogens (tertiary/aromatic N) is 3. The zero-order valence-corrected chi connectivity index (χ0v) is 7.61. The molecule has 0 bridgehead atoms. The Morgan fingerprint density at radius 2 is 2.31 bits per heavy atom. The van der Waals surface area contributed by atoms with Crippen molar-refractivity contribution < 1.29 is 9.50 Å². The van der Waals surface area contributed by atoms with Crippen molar-refractivity contribution in [2.75, 3.05) is 18.5 Å². The summed E-state index contributed by atoms with van der Waals surface area (Å²) in [5.41, 5.74) is 0. The first kappa shape index (κ1) is 9.85. The molecule has 0 aliphatic rings. The van der Waals surface area contributed by atoms with Crippen molar-refractivity contribution in [2.45, 2.75) is 13.0 Å². The Balaban J connectivity index is 2.71. The average Bonchev–Trinajstić information content (AvgIpc) is 2.03. The minimum absolute atomic E-state index is 0.413. The highest BCUT2D eigenvalue weighted by Crippen LogP contribution is 2.07. The second-order valence-corrected chi connectivity index (χ2v) is 2.93. The summed E-state index contributed by atoms with van der Waals surface area (Å²) in [6.45, 7) is 2.07. The molecule has 0 spiro atoms. The zero-order chi connectivity index (χ0) is 9.84. The number of aliphatic hydroxyl groups excluding tert-OH is 1. The van der Waals surface area contributed by atoms with Gasteiger partial charge in [0.15, 0.2) is 0 Å². The summed E-state index contributed by atoms with van der Waals surface area (Å²) in [6, 6.07) is 1.22. The summed E-state index contributed by atoms with van der Waals surface area (Å²) in [4.78, 5) is 8.85. The zero-order valence-electron chi connectivity index (χ0n) is 7.61. The highest BCUT2D eigenvalue weighted by molar-refractivity contribution is 5.35. The molecule has 0 aromatic carbocycles. The lowest BCUT2D eigenvalue weighted by Crippen LogP contribution is -2.27. The Morgan fingerprint density at radius 1 is 1.62 bits per heavy atom. The number of aromatic nitrogens is 2. The van der Waals surface area contributed by atoms with Crippen LogP contribution in [0.1, 0.15) is 6.92 Å². The normalized spacial score (nSPS) is 12.6. The quantitative estimate of drug-likeness (QED) is 0.694. The number of halogens is 1. The number of hydrogen-bond donors (Lipinski definition) is 1. The Labute approximate surface area is 76.1 Å². The topological polar surface area (TPSA) is 49.2 Å². The SMILES string of the molecule is CC(O)CN(C)c1cc(F)ncn1. The molecule has 5 heteroatoms. The van der Waals surface area contributed by atoms with E-state index in [0.29, 0.717) is 12.4 Å². The van der Waals surface area contributed by atoms with E-state index in [0.717, 1.165) is 6.33 Å². The summed E-state index contributed by atoms with van der Waals surface area (Å²) in [6.07, 6.45) is 0.687. The molecule has 0 aliphatic carbocycles. The van der Waals surface area contributed by atoms with E-state index in [1.54, 1.807) is 18.9 Å². The highest BCUT2D eigenvalue weighted by atomic mass is 19.1. The van der Waals surface area contributed by atoms with Gasteiger partial charge in [-0.25, -0.2) is 9.97 Å². The van der Waals surface area contributed by atoms with E-state index in [-0.39, 0.29) is 0 Å². The highest BCUT2D eigenvalue weighted by Gasteiger charge is 2.06. The standard InChI is InChI=1S/C8H12FN3O/c1-6(13)4-12(2)8-3-7(9)10-5-11-8/h3,5-6,13H,4H2,1-2H3. The molecule has 0 fully saturated rings. The van der Waals surface area contributed by atoms with Gasteiger partial charge >= 0.3 is 0 Å². The van der Waals surface area contributed by atoms with Crippen LogP contribution in [-0.2, 0) is 0 Å². The Hall–Kier alpha value is -1.23. The fourth-order valence-corrected chi connectivity index (χ4v) is 1.02. The van der Waals surface area contributed by atoms with Crippen LogP contribution in [-0.4, -0.2) is 34.8 Å². The Bertz CT molecular complexity index is 280. The lowest BCUT2D eigenvalue weighted by molar-refractivity contribution is 0.201. The lowest BCUT2D eigenvalue weighted by Gasteiger charge is -2.18. The van der Waals surface area contributed by atoms with E-state index in [2.05, 4.69) is 9.97 Å².